The number of aromatic amines is 1. The Morgan fingerprint density at radius 2 is 2.00 bits per heavy atom. The van der Waals surface area contributed by atoms with Gasteiger partial charge in [0.25, 0.3) is 0 Å². The van der Waals surface area contributed by atoms with Gasteiger partial charge in [-0.05, 0) is 36.2 Å². The molecule has 0 fully saturated rings. The number of benzene rings is 2. The van der Waals surface area contributed by atoms with Gasteiger partial charge in [-0.3, -0.25) is 4.79 Å². The number of aryl methyl sites for hydroxylation is 1. The van der Waals surface area contributed by atoms with E-state index in [9.17, 15) is 9.90 Å². The molecule has 3 aromatic rings. The highest BCUT2D eigenvalue weighted by Gasteiger charge is 2.17. The maximum absolute atomic E-state index is 11.2. The zero-order valence-corrected chi connectivity index (χ0v) is 12.2. The van der Waals surface area contributed by atoms with Crippen molar-refractivity contribution in [1.82, 2.24) is 4.98 Å². The number of fused-ring (bicyclic) bond motifs is 1. The molecule has 0 spiro atoms. The summed E-state index contributed by atoms with van der Waals surface area (Å²) in [6.45, 7) is 2.01. The maximum atomic E-state index is 11.2. The van der Waals surface area contributed by atoms with Gasteiger partial charge in [-0.1, -0.05) is 35.9 Å². The van der Waals surface area contributed by atoms with E-state index in [-0.39, 0.29) is 6.42 Å². The summed E-state index contributed by atoms with van der Waals surface area (Å²) < 4.78 is 0. The summed E-state index contributed by atoms with van der Waals surface area (Å²) in [5.74, 6) is -0.856. The molecule has 0 atom stereocenters. The molecule has 2 N–H and O–H groups in total. The van der Waals surface area contributed by atoms with E-state index in [0.29, 0.717) is 5.02 Å². The molecule has 21 heavy (non-hydrogen) atoms. The minimum absolute atomic E-state index is 0.0377. The van der Waals surface area contributed by atoms with Gasteiger partial charge in [0.1, 0.15) is 0 Å². The van der Waals surface area contributed by atoms with Crippen molar-refractivity contribution in [2.45, 2.75) is 13.3 Å². The average molecular weight is 300 g/mol. The van der Waals surface area contributed by atoms with Crippen LogP contribution in [-0.2, 0) is 11.2 Å². The fraction of sp³-hybridized carbons (Fsp3) is 0.118. The monoisotopic (exact) mass is 299 g/mol. The van der Waals surface area contributed by atoms with Crippen molar-refractivity contribution in [1.29, 1.82) is 0 Å². The average Bonchev–Trinajstić information content (AvgIpc) is 2.77. The molecule has 0 aliphatic heterocycles. The van der Waals surface area contributed by atoms with Gasteiger partial charge in [-0.2, -0.15) is 0 Å². The molecule has 0 aliphatic carbocycles. The number of H-pyrrole nitrogens is 1. The number of carbonyl (C=O) groups is 1. The summed E-state index contributed by atoms with van der Waals surface area (Å²) in [5.41, 5.74) is 4.64. The minimum Gasteiger partial charge on any atom is -0.481 e. The van der Waals surface area contributed by atoms with Crippen LogP contribution in [0.4, 0.5) is 0 Å². The van der Waals surface area contributed by atoms with Crippen LogP contribution in [-0.4, -0.2) is 16.1 Å². The fourth-order valence-corrected chi connectivity index (χ4v) is 2.81. The molecular formula is C17H14ClNO2. The third kappa shape index (κ3) is 2.52. The number of aromatic nitrogens is 1. The first kappa shape index (κ1) is 13.7. The highest BCUT2D eigenvalue weighted by molar-refractivity contribution is 6.31. The van der Waals surface area contributed by atoms with Crippen LogP contribution >= 0.6 is 11.6 Å². The number of hydrogen-bond donors (Lipinski definition) is 2. The van der Waals surface area contributed by atoms with Gasteiger partial charge in [0, 0.05) is 21.5 Å². The highest BCUT2D eigenvalue weighted by atomic mass is 35.5. The smallest absolute Gasteiger partial charge is 0.307 e. The van der Waals surface area contributed by atoms with Crippen LogP contribution in [0.3, 0.4) is 0 Å². The summed E-state index contributed by atoms with van der Waals surface area (Å²) in [7, 11) is 0. The van der Waals surface area contributed by atoms with Crippen molar-refractivity contribution in [2.24, 2.45) is 0 Å². The molecule has 0 aliphatic rings. The zero-order chi connectivity index (χ0) is 15.0. The summed E-state index contributed by atoms with van der Waals surface area (Å²) in [6, 6.07) is 13.4. The summed E-state index contributed by atoms with van der Waals surface area (Å²) >= 11 is 6.05. The molecule has 3 nitrogen and oxygen atoms in total. The summed E-state index contributed by atoms with van der Waals surface area (Å²) in [5, 5.41) is 10.7. The lowest BCUT2D eigenvalue weighted by Crippen LogP contribution is -2.01. The predicted molar refractivity (Wildman–Crippen MR) is 84.8 cm³/mol. The van der Waals surface area contributed by atoms with Crippen LogP contribution in [0.25, 0.3) is 22.2 Å². The second-order valence-electron chi connectivity index (χ2n) is 5.05. The quantitative estimate of drug-likeness (QED) is 0.752. The second-order valence-corrected chi connectivity index (χ2v) is 5.49. The molecule has 1 heterocycles. The van der Waals surface area contributed by atoms with E-state index in [1.807, 2.05) is 43.3 Å². The lowest BCUT2D eigenvalue weighted by molar-refractivity contribution is -0.136. The van der Waals surface area contributed by atoms with Crippen LogP contribution in [0, 0.1) is 6.92 Å². The van der Waals surface area contributed by atoms with Gasteiger partial charge < -0.3 is 10.1 Å². The van der Waals surface area contributed by atoms with E-state index in [2.05, 4.69) is 4.98 Å². The van der Waals surface area contributed by atoms with Crippen LogP contribution < -0.4 is 0 Å². The SMILES string of the molecule is Cc1ccccc1-c1[nH]c2ccc(Cl)cc2c1CC(=O)O. The molecule has 106 valence electrons. The van der Waals surface area contributed by atoms with Crippen LogP contribution in [0.15, 0.2) is 42.5 Å². The van der Waals surface area contributed by atoms with E-state index in [4.69, 9.17) is 11.6 Å². The number of halogens is 1. The Balaban J connectivity index is 2.31. The van der Waals surface area contributed by atoms with Gasteiger partial charge in [0.05, 0.1) is 12.1 Å². The van der Waals surface area contributed by atoms with Gasteiger partial charge in [-0.25, -0.2) is 0 Å². The third-order valence-corrected chi connectivity index (χ3v) is 3.85. The van der Waals surface area contributed by atoms with Crippen LogP contribution in [0.2, 0.25) is 5.02 Å². The first-order valence-corrected chi connectivity index (χ1v) is 7.02. The summed E-state index contributed by atoms with van der Waals surface area (Å²) in [6.07, 6.45) is -0.0377. The van der Waals surface area contributed by atoms with Crippen LogP contribution in [0.1, 0.15) is 11.1 Å². The lowest BCUT2D eigenvalue weighted by Gasteiger charge is -2.06. The highest BCUT2D eigenvalue weighted by Crippen LogP contribution is 2.33. The van der Waals surface area contributed by atoms with Gasteiger partial charge in [-0.15, -0.1) is 0 Å². The minimum atomic E-state index is -0.856. The third-order valence-electron chi connectivity index (χ3n) is 3.61. The molecule has 2 aromatic carbocycles. The molecule has 0 saturated heterocycles. The molecule has 0 bridgehead atoms. The lowest BCUT2D eigenvalue weighted by atomic mass is 9.99. The van der Waals surface area contributed by atoms with E-state index in [1.54, 1.807) is 6.07 Å². The maximum Gasteiger partial charge on any atom is 0.307 e. The molecule has 4 heteroatoms. The van der Waals surface area contributed by atoms with Gasteiger partial charge >= 0.3 is 5.97 Å². The van der Waals surface area contributed by atoms with Crippen molar-refractivity contribution < 1.29 is 9.90 Å². The Morgan fingerprint density at radius 3 is 2.71 bits per heavy atom. The van der Waals surface area contributed by atoms with Crippen molar-refractivity contribution in [3.05, 3.63) is 58.6 Å². The van der Waals surface area contributed by atoms with Crippen molar-refractivity contribution in [2.75, 3.05) is 0 Å². The number of hydrogen-bond acceptors (Lipinski definition) is 1. The molecule has 0 amide bonds. The molecule has 1 aromatic heterocycles. The molecule has 0 radical (unpaired) electrons. The number of carboxylic acid groups (broad SMARTS) is 1. The molecule has 0 unspecified atom stereocenters. The van der Waals surface area contributed by atoms with Gasteiger partial charge in [0.2, 0.25) is 0 Å². The Bertz CT molecular complexity index is 836. The molecule has 3 rings (SSSR count). The standard InChI is InChI=1S/C17H14ClNO2/c1-10-4-2-3-5-12(10)17-14(9-16(20)21)13-8-11(18)6-7-15(13)19-17/h2-8,19H,9H2,1H3,(H,20,21). The fourth-order valence-electron chi connectivity index (χ4n) is 2.64. The largest absolute Gasteiger partial charge is 0.481 e. The first-order valence-electron chi connectivity index (χ1n) is 6.64. The van der Waals surface area contributed by atoms with E-state index < -0.39 is 5.97 Å². The number of aliphatic carboxylic acids is 1. The number of rotatable bonds is 3. The van der Waals surface area contributed by atoms with Crippen molar-refractivity contribution in [3.8, 4) is 11.3 Å². The zero-order valence-electron chi connectivity index (χ0n) is 11.5. The topological polar surface area (TPSA) is 53.1 Å². The summed E-state index contributed by atoms with van der Waals surface area (Å²) in [4.78, 5) is 14.5. The molecular weight excluding hydrogens is 286 g/mol. The van der Waals surface area contributed by atoms with Crippen molar-refractivity contribution >= 4 is 28.5 Å². The number of carboxylic acids is 1. The Morgan fingerprint density at radius 1 is 1.24 bits per heavy atom. The second kappa shape index (κ2) is 5.26. The van der Waals surface area contributed by atoms with Crippen molar-refractivity contribution in [3.63, 3.8) is 0 Å². The normalized spacial score (nSPS) is 11.0. The van der Waals surface area contributed by atoms with E-state index in [1.165, 1.54) is 0 Å². The Labute approximate surface area is 127 Å². The predicted octanol–water partition coefficient (Wildman–Crippen LogP) is 4.42. The first-order chi connectivity index (χ1) is 10.1. The van der Waals surface area contributed by atoms with E-state index >= 15 is 0 Å². The van der Waals surface area contributed by atoms with E-state index in [0.717, 1.165) is 33.3 Å². The van der Waals surface area contributed by atoms with Gasteiger partial charge in [0.15, 0.2) is 0 Å². The Kier molecular flexibility index (Phi) is 3.43. The Hall–Kier alpha value is -2.26. The van der Waals surface area contributed by atoms with Crippen LogP contribution in [0.5, 0.6) is 0 Å². The molecule has 0 saturated carbocycles. The number of nitrogens with one attached hydrogen (secondary N) is 1.